The predicted octanol–water partition coefficient (Wildman–Crippen LogP) is 1.98. The largest absolute Gasteiger partial charge is 0.478 e. The molecule has 0 saturated heterocycles. The summed E-state index contributed by atoms with van der Waals surface area (Å²) in [6.07, 6.45) is 2.00. The van der Waals surface area contributed by atoms with Crippen LogP contribution in [-0.2, 0) is 11.2 Å². The van der Waals surface area contributed by atoms with E-state index in [1.165, 1.54) is 0 Å². The lowest BCUT2D eigenvalue weighted by Gasteiger charge is -2.07. The van der Waals surface area contributed by atoms with Crippen molar-refractivity contribution in [3.63, 3.8) is 0 Å². The number of H-pyrrole nitrogens is 1. The number of benzene rings is 1. The molecule has 0 bridgehead atoms. The van der Waals surface area contributed by atoms with Gasteiger partial charge < -0.3 is 10.1 Å². The molecule has 0 fully saturated rings. The van der Waals surface area contributed by atoms with Crippen molar-refractivity contribution >= 4 is 16.9 Å². The maximum Gasteiger partial charge on any atom is 0.349 e. The minimum Gasteiger partial charge on any atom is -0.478 e. The molecule has 1 heterocycles. The molecule has 7 nitrogen and oxygen atoms in total. The summed E-state index contributed by atoms with van der Waals surface area (Å²) in [5.74, 6) is -1.06. The molecule has 0 aliphatic heterocycles. The van der Waals surface area contributed by atoms with Crippen LogP contribution in [0.3, 0.4) is 0 Å². The van der Waals surface area contributed by atoms with Gasteiger partial charge in [-0.3, -0.25) is 0 Å². The van der Waals surface area contributed by atoms with Crippen molar-refractivity contribution in [2.24, 2.45) is 5.22 Å². The molecule has 1 unspecified atom stereocenters. The molecule has 18 heavy (non-hydrogen) atoms. The molecule has 0 spiro atoms. The van der Waals surface area contributed by atoms with Crippen molar-refractivity contribution in [3.05, 3.63) is 46.5 Å². The minimum absolute atomic E-state index is 0.234. The minimum atomic E-state index is -1.06. The van der Waals surface area contributed by atoms with Crippen LogP contribution in [0.4, 0.5) is 0 Å². The van der Waals surface area contributed by atoms with Gasteiger partial charge >= 0.3 is 5.97 Å². The van der Waals surface area contributed by atoms with Crippen LogP contribution in [-0.4, -0.2) is 22.1 Å². The molecule has 0 saturated carbocycles. The van der Waals surface area contributed by atoms with E-state index >= 15 is 0 Å². The number of nitrogens with zero attached hydrogens (tertiary/aromatic N) is 3. The van der Waals surface area contributed by atoms with Crippen molar-refractivity contribution < 1.29 is 9.90 Å². The van der Waals surface area contributed by atoms with E-state index in [1.807, 2.05) is 24.3 Å². The number of para-hydroxylation sites is 1. The Labute approximate surface area is 102 Å². The Hall–Kier alpha value is -2.66. The van der Waals surface area contributed by atoms with E-state index < -0.39 is 12.0 Å². The molecule has 2 rings (SSSR count). The van der Waals surface area contributed by atoms with E-state index in [2.05, 4.69) is 20.5 Å². The summed E-state index contributed by atoms with van der Waals surface area (Å²) in [5.41, 5.74) is 12.3. The lowest BCUT2D eigenvalue weighted by molar-refractivity contribution is -0.139. The van der Waals surface area contributed by atoms with Crippen molar-refractivity contribution in [3.8, 4) is 0 Å². The molecule has 92 valence electrons. The Bertz CT molecular complexity index is 615. The van der Waals surface area contributed by atoms with Gasteiger partial charge in [-0.25, -0.2) is 10.2 Å². The van der Waals surface area contributed by atoms with E-state index in [9.17, 15) is 4.79 Å². The van der Waals surface area contributed by atoms with Gasteiger partial charge in [0.1, 0.15) is 0 Å². The van der Waals surface area contributed by atoms with Crippen LogP contribution in [0.1, 0.15) is 5.56 Å². The van der Waals surface area contributed by atoms with Crippen molar-refractivity contribution in [1.29, 1.82) is 0 Å². The van der Waals surface area contributed by atoms with E-state index in [0.29, 0.717) is 0 Å². The Balaban J connectivity index is 2.25. The second-order valence-electron chi connectivity index (χ2n) is 3.77. The number of rotatable bonds is 5. The molecule has 7 heteroatoms. The number of nitrogens with one attached hydrogen (secondary N) is 2. The maximum absolute atomic E-state index is 11.0. The van der Waals surface area contributed by atoms with Gasteiger partial charge in [-0.1, -0.05) is 18.2 Å². The Morgan fingerprint density at radius 3 is 3.06 bits per heavy atom. The van der Waals surface area contributed by atoms with Crippen molar-refractivity contribution in [2.75, 3.05) is 0 Å². The second kappa shape index (κ2) is 5.11. The summed E-state index contributed by atoms with van der Waals surface area (Å²) in [4.78, 5) is 16.6. The number of carboxylic acid groups (broad SMARTS) is 1. The molecule has 1 aromatic heterocycles. The molecular weight excluding hydrogens is 234 g/mol. The Morgan fingerprint density at radius 2 is 2.33 bits per heavy atom. The first-order chi connectivity index (χ1) is 8.72. The summed E-state index contributed by atoms with van der Waals surface area (Å²) in [5, 5.41) is 13.1. The smallest absolute Gasteiger partial charge is 0.349 e. The van der Waals surface area contributed by atoms with Gasteiger partial charge in [0.05, 0.1) is 0 Å². The number of aromatic nitrogens is 1. The highest BCUT2D eigenvalue weighted by Crippen LogP contribution is 2.19. The molecule has 2 aromatic rings. The van der Waals surface area contributed by atoms with Crippen LogP contribution in [0.5, 0.6) is 0 Å². The zero-order chi connectivity index (χ0) is 13.0. The van der Waals surface area contributed by atoms with Crippen LogP contribution in [0.15, 0.2) is 35.7 Å². The lowest BCUT2D eigenvalue weighted by Crippen LogP contribution is -2.34. The fourth-order valence-electron chi connectivity index (χ4n) is 1.80. The topological polar surface area (TPSA) is 114 Å². The maximum atomic E-state index is 11.0. The first kappa shape index (κ1) is 11.8. The predicted molar refractivity (Wildman–Crippen MR) is 65.7 cm³/mol. The Morgan fingerprint density at radius 1 is 1.56 bits per heavy atom. The molecule has 0 radical (unpaired) electrons. The average molecular weight is 245 g/mol. The second-order valence-corrected chi connectivity index (χ2v) is 3.77. The van der Waals surface area contributed by atoms with Gasteiger partial charge in [0, 0.05) is 23.5 Å². The first-order valence-corrected chi connectivity index (χ1v) is 5.30. The molecular formula is C11H11N5O2. The van der Waals surface area contributed by atoms with Gasteiger partial charge in [-0.05, 0) is 16.9 Å². The third-order valence-electron chi connectivity index (χ3n) is 2.66. The normalized spacial score (nSPS) is 11.8. The summed E-state index contributed by atoms with van der Waals surface area (Å²) in [6.45, 7) is 0. The van der Waals surface area contributed by atoms with Crippen LogP contribution in [0.2, 0.25) is 0 Å². The SMILES string of the molecule is [N-]=[N+]=NNC(Cc1c[nH]c2ccccc12)C(=O)O. The van der Waals surface area contributed by atoms with Gasteiger partial charge in [0.2, 0.25) is 0 Å². The van der Waals surface area contributed by atoms with Crippen LogP contribution in [0, 0.1) is 0 Å². The number of carbonyl (C=O) groups is 1. The summed E-state index contributed by atoms with van der Waals surface area (Å²) in [6, 6.07) is 6.66. The average Bonchev–Trinajstić information content (AvgIpc) is 2.77. The number of aromatic amines is 1. The van der Waals surface area contributed by atoms with E-state index in [4.69, 9.17) is 10.6 Å². The fraction of sp³-hybridized carbons (Fsp3) is 0.182. The highest BCUT2D eigenvalue weighted by atomic mass is 16.4. The number of aliphatic carboxylic acids is 1. The van der Waals surface area contributed by atoms with Gasteiger partial charge in [-0.2, -0.15) is 4.91 Å². The first-order valence-electron chi connectivity index (χ1n) is 5.30. The lowest BCUT2D eigenvalue weighted by atomic mass is 10.1. The van der Waals surface area contributed by atoms with Crippen molar-refractivity contribution in [2.45, 2.75) is 12.5 Å². The standard InChI is InChI=1S/C11H11N5O2/c12-15-16-14-10(11(17)18)5-7-6-13-9-4-2-1-3-8(7)9/h1-4,6,10,13-14H,5H2,(H,17,18). The van der Waals surface area contributed by atoms with Crippen LogP contribution < -0.4 is 5.43 Å². The molecule has 1 atom stereocenters. The molecule has 0 aliphatic rings. The van der Waals surface area contributed by atoms with E-state index in [1.54, 1.807) is 6.20 Å². The number of hydrogen-bond donors (Lipinski definition) is 3. The quantitative estimate of drug-likeness (QED) is 0.324. The van der Waals surface area contributed by atoms with E-state index in [-0.39, 0.29) is 6.42 Å². The van der Waals surface area contributed by atoms with Gasteiger partial charge in [0.25, 0.3) is 0 Å². The zero-order valence-electron chi connectivity index (χ0n) is 9.37. The molecule has 0 amide bonds. The monoisotopic (exact) mass is 245 g/mol. The van der Waals surface area contributed by atoms with Crippen molar-refractivity contribution in [1.82, 2.24) is 10.4 Å². The number of hydrogen-bond acceptors (Lipinski definition) is 2. The zero-order valence-corrected chi connectivity index (χ0v) is 9.37. The number of fused-ring (bicyclic) bond motifs is 1. The molecule has 3 N–H and O–H groups in total. The molecule has 1 aromatic carbocycles. The van der Waals surface area contributed by atoms with Crippen LogP contribution >= 0.6 is 0 Å². The third-order valence-corrected chi connectivity index (χ3v) is 2.66. The third kappa shape index (κ3) is 2.36. The summed E-state index contributed by atoms with van der Waals surface area (Å²) >= 11 is 0. The summed E-state index contributed by atoms with van der Waals surface area (Å²) < 4.78 is 0. The molecule has 0 aliphatic carbocycles. The van der Waals surface area contributed by atoms with Crippen LogP contribution in [0.25, 0.3) is 21.3 Å². The van der Waals surface area contributed by atoms with Gasteiger partial charge in [-0.15, -0.1) is 5.53 Å². The highest BCUT2D eigenvalue weighted by molar-refractivity contribution is 5.84. The number of carboxylic acids is 1. The van der Waals surface area contributed by atoms with Gasteiger partial charge in [0.15, 0.2) is 6.04 Å². The Kier molecular flexibility index (Phi) is 3.36. The van der Waals surface area contributed by atoms with E-state index in [0.717, 1.165) is 16.5 Å². The summed E-state index contributed by atoms with van der Waals surface area (Å²) in [7, 11) is 0. The highest BCUT2D eigenvalue weighted by Gasteiger charge is 2.21. The fourth-order valence-corrected chi connectivity index (χ4v) is 1.80. The number of azide groups is 1.